The Morgan fingerprint density at radius 3 is 1.72 bits per heavy atom. The van der Waals surface area contributed by atoms with E-state index in [1.807, 2.05) is 37.5 Å². The van der Waals surface area contributed by atoms with Crippen molar-refractivity contribution in [1.29, 1.82) is 0 Å². The molecule has 4 fully saturated rings. The molecule has 0 radical (unpaired) electrons. The van der Waals surface area contributed by atoms with Gasteiger partial charge in [-0.1, -0.05) is 64.1 Å². The van der Waals surface area contributed by atoms with Crippen LogP contribution < -0.4 is 5.32 Å². The lowest BCUT2D eigenvalue weighted by atomic mass is 9.87. The van der Waals surface area contributed by atoms with Gasteiger partial charge < -0.3 is 34.6 Å². The molecule has 0 spiro atoms. The number of nitrogens with one attached hydrogen (secondary N) is 3. The molecule has 0 bridgehead atoms. The number of aromatic amines is 2. The van der Waals surface area contributed by atoms with Gasteiger partial charge in [-0.25, -0.2) is 19.6 Å². The molecule has 4 aliphatic carbocycles. The maximum absolute atomic E-state index is 14.1. The van der Waals surface area contributed by atoms with E-state index in [0.29, 0.717) is 11.8 Å². The van der Waals surface area contributed by atoms with Crippen molar-refractivity contribution < 1.29 is 28.7 Å². The molecule has 14 nitrogen and oxygen atoms in total. The second kappa shape index (κ2) is 15.0. The molecule has 4 amide bonds. The monoisotopic (exact) mass is 826 g/mol. The van der Waals surface area contributed by atoms with E-state index in [-0.39, 0.29) is 47.8 Å². The number of hydrogen-bond donors (Lipinski definition) is 3. The van der Waals surface area contributed by atoms with Crippen LogP contribution in [-0.2, 0) is 44.7 Å². The number of imidazole rings is 2. The Morgan fingerprint density at radius 2 is 1.25 bits per heavy atom. The van der Waals surface area contributed by atoms with Crippen LogP contribution in [0.3, 0.4) is 0 Å². The van der Waals surface area contributed by atoms with E-state index in [2.05, 4.69) is 56.7 Å². The summed E-state index contributed by atoms with van der Waals surface area (Å²) < 4.78 is 9.54. The second-order valence-electron chi connectivity index (χ2n) is 18.6. The number of benzene rings is 2. The molecule has 3 N–H and O–H groups in total. The van der Waals surface area contributed by atoms with Crippen LogP contribution in [0.1, 0.15) is 99.6 Å². The summed E-state index contributed by atoms with van der Waals surface area (Å²) in [6.07, 6.45) is 7.33. The van der Waals surface area contributed by atoms with Crippen molar-refractivity contribution in [2.45, 2.75) is 109 Å². The smallest absolute Gasteiger partial charge is 0.432 e. The third-order valence-electron chi connectivity index (χ3n) is 14.2. The maximum Gasteiger partial charge on any atom is 0.432 e. The lowest BCUT2D eigenvalue weighted by Crippen LogP contribution is -2.52. The van der Waals surface area contributed by atoms with Crippen LogP contribution in [-0.4, -0.2) is 92.3 Å². The third kappa shape index (κ3) is 6.82. The molecule has 318 valence electrons. The van der Waals surface area contributed by atoms with Crippen molar-refractivity contribution in [1.82, 2.24) is 35.1 Å². The van der Waals surface area contributed by atoms with Gasteiger partial charge in [-0.05, 0) is 97.3 Å². The Kier molecular flexibility index (Phi) is 9.67. The zero-order chi connectivity index (χ0) is 42.4. The molecule has 10 rings (SSSR count). The number of fused-ring (bicyclic) bond motifs is 8. The predicted octanol–water partition coefficient (Wildman–Crippen LogP) is 7.14. The van der Waals surface area contributed by atoms with Gasteiger partial charge in [0, 0.05) is 40.8 Å². The fourth-order valence-corrected chi connectivity index (χ4v) is 10.7. The third-order valence-corrected chi connectivity index (χ3v) is 14.2. The quantitative estimate of drug-likeness (QED) is 0.149. The molecule has 14 heteroatoms. The molecule has 6 aliphatic rings. The Bertz CT molecular complexity index is 2480. The van der Waals surface area contributed by atoms with E-state index in [1.165, 1.54) is 31.6 Å². The lowest BCUT2D eigenvalue weighted by molar-refractivity contribution is -0.137. The first kappa shape index (κ1) is 39.4. The summed E-state index contributed by atoms with van der Waals surface area (Å²) in [5, 5.41) is 2.77. The number of alkyl carbamates (subject to hydrolysis) is 1. The van der Waals surface area contributed by atoms with E-state index < -0.39 is 24.1 Å². The molecule has 2 aromatic carbocycles. The molecule has 4 unspecified atom stereocenters. The number of hydrogen-bond acceptors (Lipinski definition) is 8. The highest BCUT2D eigenvalue weighted by Crippen LogP contribution is 2.55. The van der Waals surface area contributed by atoms with Crippen LogP contribution >= 0.6 is 0 Å². The van der Waals surface area contributed by atoms with Crippen LogP contribution in [0.5, 0.6) is 0 Å². The average molecular weight is 827 g/mol. The molecule has 2 aromatic heterocycles. The van der Waals surface area contributed by atoms with Crippen LogP contribution in [0.2, 0.25) is 0 Å². The molecule has 4 aromatic rings. The van der Waals surface area contributed by atoms with Gasteiger partial charge in [-0.15, -0.1) is 0 Å². The van der Waals surface area contributed by atoms with Gasteiger partial charge in [-0.3, -0.25) is 9.59 Å². The molecule has 2 aliphatic heterocycles. The minimum atomic E-state index is -0.706. The first-order valence-corrected chi connectivity index (χ1v) is 22.0. The van der Waals surface area contributed by atoms with Gasteiger partial charge in [0.25, 0.3) is 0 Å². The molecule has 4 heterocycles. The summed E-state index contributed by atoms with van der Waals surface area (Å²) >= 11 is 0. The number of carbonyl (C=O) groups excluding carboxylic acids is 4. The summed E-state index contributed by atoms with van der Waals surface area (Å²) in [4.78, 5) is 77.6. The Morgan fingerprint density at radius 1 is 0.721 bits per heavy atom. The Hall–Kier alpha value is -5.79. The molecular weight excluding hydrogens is 773 g/mol. The molecular formula is C47H54N8O6. The number of H-pyrrole nitrogens is 2. The number of amides is 4. The molecule has 61 heavy (non-hydrogen) atoms. The SMILES string of the molecule is COC(=O)/N=C/C(C(=O)N1C2C[C@@H]2C[C@H]1c1nc2c([nH]1)CCc1cc(-c3ccc4c(c3)CCc3[nH]c([C@@H]5CC6CC6N5C(=O)[C@@H](NC(=O)OC)C(C)C)nc3-4)ccc1-2)C(C)C. The minimum absolute atomic E-state index is 0.0130. The minimum Gasteiger partial charge on any atom is -0.453 e. The van der Waals surface area contributed by atoms with Crippen LogP contribution in [0.15, 0.2) is 41.4 Å². The summed E-state index contributed by atoms with van der Waals surface area (Å²) in [5.41, 5.74) is 11.2. The standard InChI is InChI=1S/C47H54N8O6/c1-22(2)32(21-48-46(58)60-5)44(56)54-35-17-28(35)19-37(54)42-49-33-13-9-26-15-24(7-11-30(26)40(33)51-42)25-8-12-31-27(16-25)10-14-34-41(31)52-43(50-34)38-20-29-18-36(29)55(38)45(57)39(23(3)4)53-47(59)61-6/h7-8,11-12,15-16,21-23,28-29,32,35-39H,9-10,13-14,17-20H2,1-6H3,(H,49,51)(H,50,52)(H,53,59)/b48-21+/t28-,29?,32?,35?,36?,37+,38+,39+/m1/s1. The Balaban J connectivity index is 0.875. The largest absolute Gasteiger partial charge is 0.453 e. The first-order chi connectivity index (χ1) is 29.4. The average Bonchev–Trinajstić information content (AvgIpc) is 3.90. The normalized spacial score (nSPS) is 25.0. The number of aliphatic imine (C=N–C) groups is 1. The number of aromatic nitrogens is 4. The van der Waals surface area contributed by atoms with E-state index in [0.717, 1.165) is 108 Å². The number of methoxy groups -OCH3 is 2. The van der Waals surface area contributed by atoms with Gasteiger partial charge in [0.05, 0.1) is 43.6 Å². The fraction of sp³-hybridized carbons (Fsp3) is 0.511. The van der Waals surface area contributed by atoms with E-state index in [1.54, 1.807) is 0 Å². The van der Waals surface area contributed by atoms with Crippen LogP contribution in [0.25, 0.3) is 33.6 Å². The van der Waals surface area contributed by atoms with E-state index in [9.17, 15) is 19.2 Å². The number of piperidine rings is 2. The lowest BCUT2D eigenvalue weighted by Gasteiger charge is -2.31. The van der Waals surface area contributed by atoms with E-state index >= 15 is 0 Å². The van der Waals surface area contributed by atoms with Crippen molar-refractivity contribution in [3.63, 3.8) is 0 Å². The number of aryl methyl sites for hydroxylation is 4. The van der Waals surface area contributed by atoms with Gasteiger partial charge in [0.15, 0.2) is 0 Å². The number of rotatable bonds is 9. The number of ether oxygens (including phenoxy) is 2. The Labute approximate surface area is 355 Å². The van der Waals surface area contributed by atoms with Gasteiger partial charge >= 0.3 is 12.2 Å². The van der Waals surface area contributed by atoms with Crippen LogP contribution in [0.4, 0.5) is 9.59 Å². The predicted molar refractivity (Wildman–Crippen MR) is 227 cm³/mol. The van der Waals surface area contributed by atoms with Crippen molar-refractivity contribution in [2.24, 2.45) is 34.6 Å². The number of likely N-dealkylation sites (tertiary alicyclic amines) is 2. The summed E-state index contributed by atoms with van der Waals surface area (Å²) in [7, 11) is 2.60. The van der Waals surface area contributed by atoms with Crippen molar-refractivity contribution in [2.75, 3.05) is 14.2 Å². The maximum atomic E-state index is 14.1. The number of carbonyl (C=O) groups is 4. The van der Waals surface area contributed by atoms with Gasteiger partial charge in [0.1, 0.15) is 17.7 Å². The highest BCUT2D eigenvalue weighted by atomic mass is 16.5. The van der Waals surface area contributed by atoms with Crippen molar-refractivity contribution in [3.05, 3.63) is 70.6 Å². The summed E-state index contributed by atoms with van der Waals surface area (Å²) in [6, 6.07) is 12.8. The van der Waals surface area contributed by atoms with Gasteiger partial charge in [-0.2, -0.15) is 4.99 Å². The zero-order valence-corrected chi connectivity index (χ0v) is 35.7. The van der Waals surface area contributed by atoms with Crippen molar-refractivity contribution >= 4 is 30.2 Å². The number of nitrogens with zero attached hydrogens (tertiary/aromatic N) is 5. The van der Waals surface area contributed by atoms with Crippen LogP contribution in [0, 0.1) is 29.6 Å². The fourth-order valence-electron chi connectivity index (χ4n) is 10.7. The topological polar surface area (TPSA) is 175 Å². The van der Waals surface area contributed by atoms with Gasteiger partial charge in [0.2, 0.25) is 11.8 Å². The first-order valence-electron chi connectivity index (χ1n) is 22.0. The molecule has 8 atom stereocenters. The molecule has 2 saturated carbocycles. The second-order valence-corrected chi connectivity index (χ2v) is 18.6. The highest BCUT2D eigenvalue weighted by molar-refractivity contribution is 5.97. The van der Waals surface area contributed by atoms with Crippen molar-refractivity contribution in [3.8, 4) is 33.6 Å². The zero-order valence-electron chi connectivity index (χ0n) is 35.7. The van der Waals surface area contributed by atoms with E-state index in [4.69, 9.17) is 19.4 Å². The highest BCUT2D eigenvalue weighted by Gasteiger charge is 2.57. The summed E-state index contributed by atoms with van der Waals surface area (Å²) in [6.45, 7) is 7.83. The summed E-state index contributed by atoms with van der Waals surface area (Å²) in [5.74, 6) is 1.85. The molecule has 2 saturated heterocycles.